The highest BCUT2D eigenvalue weighted by Crippen LogP contribution is 2.46. The predicted molar refractivity (Wildman–Crippen MR) is 76.2 cm³/mol. The van der Waals surface area contributed by atoms with Crippen LogP contribution in [-0.2, 0) is 4.74 Å². The zero-order valence-corrected chi connectivity index (χ0v) is 12.6. The van der Waals surface area contributed by atoms with Gasteiger partial charge in [-0.3, -0.25) is 4.79 Å². The van der Waals surface area contributed by atoms with Crippen LogP contribution in [0.15, 0.2) is 18.2 Å². The van der Waals surface area contributed by atoms with Crippen LogP contribution in [0.2, 0.25) is 0 Å². The molecule has 0 bridgehead atoms. The van der Waals surface area contributed by atoms with Gasteiger partial charge < -0.3 is 15.2 Å². The number of hydrogen-bond acceptors (Lipinski definition) is 4. The van der Waals surface area contributed by atoms with Crippen LogP contribution in [0.3, 0.4) is 0 Å². The first-order chi connectivity index (χ1) is 9.78. The number of hydrogen-bond donors (Lipinski definition) is 2. The van der Waals surface area contributed by atoms with Gasteiger partial charge in [0.2, 0.25) is 0 Å². The van der Waals surface area contributed by atoms with Gasteiger partial charge in [0.25, 0.3) is 5.91 Å². The van der Waals surface area contributed by atoms with E-state index in [4.69, 9.17) is 9.84 Å². The Hall–Kier alpha value is -1.95. The Kier molecular flexibility index (Phi) is 4.00. The molecule has 0 aromatic carbocycles. The maximum atomic E-state index is 12.2. The van der Waals surface area contributed by atoms with E-state index in [2.05, 4.69) is 10.3 Å². The second kappa shape index (κ2) is 5.44. The molecule has 3 unspecified atom stereocenters. The maximum Gasteiger partial charge on any atom is 0.354 e. The molecule has 1 aliphatic carbocycles. The number of carboxylic acids is 1. The molecule has 2 rings (SSSR count). The Morgan fingerprint density at radius 2 is 1.95 bits per heavy atom. The molecule has 1 aliphatic rings. The van der Waals surface area contributed by atoms with Gasteiger partial charge in [-0.1, -0.05) is 26.8 Å². The van der Waals surface area contributed by atoms with Crippen LogP contribution in [0.4, 0.5) is 0 Å². The first-order valence-electron chi connectivity index (χ1n) is 6.83. The maximum absolute atomic E-state index is 12.2. The normalized spacial score (nSPS) is 26.8. The van der Waals surface area contributed by atoms with Gasteiger partial charge in [0, 0.05) is 24.5 Å². The second-order valence-electron chi connectivity index (χ2n) is 6.00. The number of aromatic nitrogens is 1. The predicted octanol–water partition coefficient (Wildman–Crippen LogP) is 1.57. The highest BCUT2D eigenvalue weighted by Gasteiger charge is 2.55. The van der Waals surface area contributed by atoms with Crippen molar-refractivity contribution in [3.63, 3.8) is 0 Å². The molecule has 6 heteroatoms. The molecular weight excluding hydrogens is 272 g/mol. The zero-order chi connectivity index (χ0) is 15.8. The molecule has 0 radical (unpaired) electrons. The molecule has 21 heavy (non-hydrogen) atoms. The summed E-state index contributed by atoms with van der Waals surface area (Å²) < 4.78 is 5.44. The lowest BCUT2D eigenvalue weighted by molar-refractivity contribution is -0.141. The van der Waals surface area contributed by atoms with Crippen LogP contribution < -0.4 is 5.32 Å². The number of carbonyl (C=O) groups is 2. The lowest BCUT2D eigenvalue weighted by Gasteiger charge is -2.56. The monoisotopic (exact) mass is 292 g/mol. The first kappa shape index (κ1) is 15.4. The van der Waals surface area contributed by atoms with E-state index in [9.17, 15) is 9.59 Å². The molecule has 0 saturated heterocycles. The average molecular weight is 292 g/mol. The van der Waals surface area contributed by atoms with Crippen molar-refractivity contribution in [1.82, 2.24) is 10.3 Å². The van der Waals surface area contributed by atoms with Crippen molar-refractivity contribution in [2.45, 2.75) is 32.9 Å². The summed E-state index contributed by atoms with van der Waals surface area (Å²) in [5, 5.41) is 11.8. The van der Waals surface area contributed by atoms with Crippen molar-refractivity contribution in [3.8, 4) is 0 Å². The van der Waals surface area contributed by atoms with Gasteiger partial charge in [0.15, 0.2) is 0 Å². The summed E-state index contributed by atoms with van der Waals surface area (Å²) >= 11 is 0. The van der Waals surface area contributed by atoms with Gasteiger partial charge in [-0.25, -0.2) is 9.78 Å². The number of nitrogens with one attached hydrogen (secondary N) is 1. The van der Waals surface area contributed by atoms with Crippen molar-refractivity contribution < 1.29 is 19.4 Å². The summed E-state index contributed by atoms with van der Waals surface area (Å²) in [5.41, 5.74) is -0.203. The molecular formula is C15H20N2O4. The zero-order valence-electron chi connectivity index (χ0n) is 12.6. The minimum absolute atomic E-state index is 0.0368. The fraction of sp³-hybridized carbons (Fsp3) is 0.533. The molecule has 1 heterocycles. The molecule has 1 fully saturated rings. The van der Waals surface area contributed by atoms with Gasteiger partial charge in [0.05, 0.1) is 6.10 Å². The third-order valence-electron chi connectivity index (χ3n) is 4.28. The summed E-state index contributed by atoms with van der Waals surface area (Å²) in [4.78, 5) is 27.0. The van der Waals surface area contributed by atoms with Gasteiger partial charge in [-0.2, -0.15) is 0 Å². The molecule has 0 spiro atoms. The van der Waals surface area contributed by atoms with Gasteiger partial charge in [-0.15, -0.1) is 0 Å². The number of carboxylic acid groups (broad SMARTS) is 1. The van der Waals surface area contributed by atoms with Crippen molar-refractivity contribution in [1.29, 1.82) is 0 Å². The highest BCUT2D eigenvalue weighted by molar-refractivity contribution is 5.94. The largest absolute Gasteiger partial charge is 0.477 e. The van der Waals surface area contributed by atoms with Gasteiger partial charge in [-0.05, 0) is 12.1 Å². The Balaban J connectivity index is 2.12. The number of carbonyl (C=O) groups excluding carboxylic acids is 1. The molecule has 1 amide bonds. The first-order valence-corrected chi connectivity index (χ1v) is 6.83. The van der Waals surface area contributed by atoms with Crippen LogP contribution in [0.25, 0.3) is 0 Å². The van der Waals surface area contributed by atoms with E-state index in [0.717, 1.165) is 0 Å². The van der Waals surface area contributed by atoms with Crippen molar-refractivity contribution >= 4 is 11.9 Å². The molecule has 1 aromatic rings. The Bertz CT molecular complexity index is 571. The number of methoxy groups -OCH3 is 1. The minimum Gasteiger partial charge on any atom is -0.477 e. The third kappa shape index (κ3) is 2.63. The molecule has 6 nitrogen and oxygen atoms in total. The smallest absolute Gasteiger partial charge is 0.354 e. The number of pyridine rings is 1. The molecule has 2 N–H and O–H groups in total. The Morgan fingerprint density at radius 1 is 1.33 bits per heavy atom. The SMILES string of the molecule is COC1C(C)C(NC(=O)c2cccc(C(=O)O)n2)C1(C)C. The number of ether oxygens (including phenoxy) is 1. The lowest BCUT2D eigenvalue weighted by Crippen LogP contribution is -2.67. The quantitative estimate of drug-likeness (QED) is 0.879. The van der Waals surface area contributed by atoms with E-state index in [1.54, 1.807) is 7.11 Å². The molecule has 1 saturated carbocycles. The van der Waals surface area contributed by atoms with Gasteiger partial charge in [0.1, 0.15) is 11.4 Å². The summed E-state index contributed by atoms with van der Waals surface area (Å²) in [7, 11) is 1.67. The summed E-state index contributed by atoms with van der Waals surface area (Å²) in [6.07, 6.45) is 0.0844. The highest BCUT2D eigenvalue weighted by atomic mass is 16.5. The molecule has 0 aliphatic heterocycles. The summed E-state index contributed by atoms with van der Waals surface area (Å²) in [5.74, 6) is -1.32. The van der Waals surface area contributed by atoms with E-state index in [1.807, 2.05) is 20.8 Å². The fourth-order valence-corrected chi connectivity index (χ4v) is 3.32. The standard InChI is InChI=1S/C15H20N2O4/c1-8-11(15(2,3)12(8)21-4)17-13(18)9-6-5-7-10(16-9)14(19)20/h5-8,11-12H,1-4H3,(H,17,18)(H,19,20). The minimum atomic E-state index is -1.15. The number of aromatic carboxylic acids is 1. The lowest BCUT2D eigenvalue weighted by atomic mass is 9.58. The molecule has 1 aromatic heterocycles. The number of amides is 1. The summed E-state index contributed by atoms with van der Waals surface area (Å²) in [6, 6.07) is 4.34. The molecule has 3 atom stereocenters. The third-order valence-corrected chi connectivity index (χ3v) is 4.28. The fourth-order valence-electron chi connectivity index (χ4n) is 3.32. The Morgan fingerprint density at radius 3 is 2.48 bits per heavy atom. The molecule has 114 valence electrons. The number of rotatable bonds is 4. The van der Waals surface area contributed by atoms with Crippen molar-refractivity contribution in [2.75, 3.05) is 7.11 Å². The van der Waals surface area contributed by atoms with Crippen LogP contribution in [0, 0.1) is 11.3 Å². The van der Waals surface area contributed by atoms with E-state index in [0.29, 0.717) is 0 Å². The van der Waals surface area contributed by atoms with Crippen LogP contribution in [0.1, 0.15) is 41.7 Å². The van der Waals surface area contributed by atoms with E-state index in [1.165, 1.54) is 18.2 Å². The average Bonchev–Trinajstić information content (AvgIpc) is 2.44. The van der Waals surface area contributed by atoms with Crippen LogP contribution >= 0.6 is 0 Å². The van der Waals surface area contributed by atoms with Crippen molar-refractivity contribution in [3.05, 3.63) is 29.6 Å². The topological polar surface area (TPSA) is 88.5 Å². The Labute approximate surface area is 123 Å². The second-order valence-corrected chi connectivity index (χ2v) is 6.00. The van der Waals surface area contributed by atoms with Crippen molar-refractivity contribution in [2.24, 2.45) is 11.3 Å². The summed E-state index contributed by atoms with van der Waals surface area (Å²) in [6.45, 7) is 6.09. The van der Waals surface area contributed by atoms with Crippen LogP contribution in [0.5, 0.6) is 0 Å². The van der Waals surface area contributed by atoms with Gasteiger partial charge >= 0.3 is 5.97 Å². The van der Waals surface area contributed by atoms with E-state index >= 15 is 0 Å². The van der Waals surface area contributed by atoms with Crippen LogP contribution in [-0.4, -0.2) is 41.2 Å². The van der Waals surface area contributed by atoms with E-state index in [-0.39, 0.29) is 40.8 Å². The number of nitrogens with zero attached hydrogens (tertiary/aromatic N) is 1. The van der Waals surface area contributed by atoms with E-state index < -0.39 is 5.97 Å².